The predicted octanol–water partition coefficient (Wildman–Crippen LogP) is 4.50. The molecule has 30 heavy (non-hydrogen) atoms. The highest BCUT2D eigenvalue weighted by atomic mass is 32.2. The fourth-order valence-corrected chi connectivity index (χ4v) is 4.86. The second-order valence-electron chi connectivity index (χ2n) is 5.85. The summed E-state index contributed by atoms with van der Waals surface area (Å²) in [5, 5.41) is 12.0. The maximum atomic E-state index is 14.9. The zero-order valence-corrected chi connectivity index (χ0v) is 17.7. The highest BCUT2D eigenvalue weighted by Crippen LogP contribution is 2.37. The number of amides is 1. The van der Waals surface area contributed by atoms with E-state index in [2.05, 4.69) is 30.3 Å². The third-order valence-electron chi connectivity index (χ3n) is 4.03. The number of ether oxygens (including phenoxy) is 1. The molecule has 0 unspecified atom stereocenters. The molecule has 4 rings (SSSR count). The second-order valence-corrected chi connectivity index (χ2v) is 8.28. The molecule has 0 aliphatic heterocycles. The molecule has 1 N–H and O–H groups in total. The molecule has 3 heterocycles. The number of halogens is 3. The van der Waals surface area contributed by atoms with Gasteiger partial charge in [0.2, 0.25) is 0 Å². The highest BCUT2D eigenvalue weighted by molar-refractivity contribution is 7.92. The molecule has 1 aromatic carbocycles. The summed E-state index contributed by atoms with van der Waals surface area (Å²) >= 11 is 2.06. The lowest BCUT2D eigenvalue weighted by molar-refractivity contribution is 0.170. The fourth-order valence-electron chi connectivity index (χ4n) is 2.70. The predicted molar refractivity (Wildman–Crippen MR) is 108 cm³/mol. The van der Waals surface area contributed by atoms with E-state index in [0.717, 1.165) is 22.3 Å². The maximum Gasteiger partial charge on any atom is 0.407 e. The number of hydrogen-bond acceptors (Lipinski definition) is 9. The lowest BCUT2D eigenvalue weighted by Crippen LogP contribution is -2.22. The van der Waals surface area contributed by atoms with Crippen LogP contribution in [0.4, 0.5) is 17.5 Å². The van der Waals surface area contributed by atoms with Crippen molar-refractivity contribution in [3.8, 4) is 21.1 Å². The van der Waals surface area contributed by atoms with Crippen LogP contribution in [0.15, 0.2) is 11.4 Å². The molecule has 0 saturated heterocycles. The van der Waals surface area contributed by atoms with Gasteiger partial charge in [-0.05, 0) is 13.0 Å². The second kappa shape index (κ2) is 8.20. The average molecular weight is 472 g/mol. The first-order valence-electron chi connectivity index (χ1n) is 8.19. The Kier molecular flexibility index (Phi) is 5.62. The van der Waals surface area contributed by atoms with Crippen LogP contribution in [0.2, 0.25) is 0 Å². The first-order valence-corrected chi connectivity index (χ1v) is 10.6. The van der Waals surface area contributed by atoms with Gasteiger partial charge in [-0.1, -0.05) is 5.21 Å². The Morgan fingerprint density at radius 2 is 2.17 bits per heavy atom. The monoisotopic (exact) mass is 472 g/mol. The molecule has 0 aliphatic rings. The smallest absolute Gasteiger partial charge is 0.407 e. The van der Waals surface area contributed by atoms with Crippen LogP contribution in [0.3, 0.4) is 0 Å². The molecular formula is C16H11F3N6O2S3. The minimum Gasteiger partial charge on any atom is -0.453 e. The van der Waals surface area contributed by atoms with E-state index in [-0.39, 0.29) is 40.5 Å². The molecule has 0 aliphatic carbocycles. The number of aryl methyl sites for hydroxylation is 1. The molecule has 156 valence electrons. The number of aromatic nitrogens is 5. The van der Waals surface area contributed by atoms with Crippen molar-refractivity contribution in [2.45, 2.75) is 13.5 Å². The van der Waals surface area contributed by atoms with E-state index in [0.29, 0.717) is 20.5 Å². The Morgan fingerprint density at radius 3 is 2.90 bits per heavy atom. The molecule has 3 aromatic heterocycles. The summed E-state index contributed by atoms with van der Waals surface area (Å²) in [4.78, 5) is 20.7. The first-order chi connectivity index (χ1) is 14.4. The van der Waals surface area contributed by atoms with Crippen LogP contribution < -0.4 is 5.32 Å². The van der Waals surface area contributed by atoms with Gasteiger partial charge in [-0.3, -0.25) is 0 Å². The standard InChI is InChI=1S/C16H11F3N6O2S3/c1-6-14(29-10(21-6)4-20-16(26)27-2)9-5-28-15(22-9)7-3-8(17)13-12(11(7)18)23-24-25(13)30-19/h3,5H,4H2,1-2H3,(H,20,26). The molecule has 14 heteroatoms. The van der Waals surface area contributed by atoms with Crippen LogP contribution in [0.25, 0.3) is 32.2 Å². The van der Waals surface area contributed by atoms with E-state index in [1.54, 1.807) is 12.3 Å². The Balaban J connectivity index is 1.68. The zero-order chi connectivity index (χ0) is 21.4. The summed E-state index contributed by atoms with van der Waals surface area (Å²) in [7, 11) is 1.26. The number of benzene rings is 1. The van der Waals surface area contributed by atoms with Gasteiger partial charge in [0.15, 0.2) is 29.5 Å². The van der Waals surface area contributed by atoms with Crippen LogP contribution in [-0.2, 0) is 11.3 Å². The number of hydrogen-bond donors (Lipinski definition) is 1. The van der Waals surface area contributed by atoms with Gasteiger partial charge in [0.25, 0.3) is 0 Å². The van der Waals surface area contributed by atoms with Crippen molar-refractivity contribution in [1.82, 2.24) is 29.7 Å². The van der Waals surface area contributed by atoms with Crippen LogP contribution in [0, 0.1) is 18.6 Å². The average Bonchev–Trinajstić information content (AvgIpc) is 3.46. The third kappa shape index (κ3) is 3.61. The third-order valence-corrected chi connectivity index (χ3v) is 6.47. The van der Waals surface area contributed by atoms with Gasteiger partial charge in [-0.15, -0.1) is 31.7 Å². The lowest BCUT2D eigenvalue weighted by Gasteiger charge is -2.02. The van der Waals surface area contributed by atoms with Gasteiger partial charge in [0, 0.05) is 5.38 Å². The van der Waals surface area contributed by atoms with E-state index in [4.69, 9.17) is 0 Å². The topological polar surface area (TPSA) is 94.8 Å². The van der Waals surface area contributed by atoms with E-state index in [9.17, 15) is 17.5 Å². The van der Waals surface area contributed by atoms with Crippen molar-refractivity contribution in [2.75, 3.05) is 7.11 Å². The van der Waals surface area contributed by atoms with Crippen LogP contribution in [-0.4, -0.2) is 37.6 Å². The summed E-state index contributed by atoms with van der Waals surface area (Å²) in [6.45, 7) is 1.97. The van der Waals surface area contributed by atoms with Gasteiger partial charge in [-0.25, -0.2) is 23.5 Å². The van der Waals surface area contributed by atoms with Crippen molar-refractivity contribution in [3.63, 3.8) is 0 Å². The van der Waals surface area contributed by atoms with Gasteiger partial charge in [0.1, 0.15) is 15.5 Å². The Labute approximate surface area is 179 Å². The number of methoxy groups -OCH3 is 1. The number of carbonyl (C=O) groups is 1. The number of alkyl carbamates (subject to hydrolysis) is 1. The lowest BCUT2D eigenvalue weighted by atomic mass is 10.2. The van der Waals surface area contributed by atoms with Crippen molar-refractivity contribution in [2.24, 2.45) is 0 Å². The molecular weight excluding hydrogens is 461 g/mol. The van der Waals surface area contributed by atoms with Crippen LogP contribution in [0.1, 0.15) is 10.7 Å². The highest BCUT2D eigenvalue weighted by Gasteiger charge is 2.22. The zero-order valence-electron chi connectivity index (χ0n) is 15.3. The number of rotatable bonds is 5. The van der Waals surface area contributed by atoms with E-state index in [1.165, 1.54) is 18.4 Å². The molecule has 8 nitrogen and oxygen atoms in total. The number of carbonyl (C=O) groups excluding carboxylic acids is 1. The normalized spacial score (nSPS) is 11.2. The first kappa shape index (κ1) is 20.6. The molecule has 0 saturated carbocycles. The minimum atomic E-state index is -0.863. The van der Waals surface area contributed by atoms with Crippen LogP contribution in [0.5, 0.6) is 0 Å². The van der Waals surface area contributed by atoms with Crippen molar-refractivity contribution >= 4 is 52.1 Å². The van der Waals surface area contributed by atoms with Gasteiger partial charge in [0.05, 0.1) is 35.5 Å². The summed E-state index contributed by atoms with van der Waals surface area (Å²) in [5.41, 5.74) is 0.376. The summed E-state index contributed by atoms with van der Waals surface area (Å²) in [6.07, 6.45) is -0.573. The van der Waals surface area contributed by atoms with Gasteiger partial charge in [-0.2, -0.15) is 4.09 Å². The Morgan fingerprint density at radius 1 is 1.37 bits per heavy atom. The van der Waals surface area contributed by atoms with Gasteiger partial charge >= 0.3 is 6.09 Å². The molecule has 0 bridgehead atoms. The number of fused-ring (bicyclic) bond motifs is 1. The molecule has 0 radical (unpaired) electrons. The molecule has 1 amide bonds. The van der Waals surface area contributed by atoms with E-state index >= 15 is 0 Å². The number of nitrogens with zero attached hydrogens (tertiary/aromatic N) is 5. The molecule has 0 spiro atoms. The minimum absolute atomic E-state index is 0.0955. The van der Waals surface area contributed by atoms with E-state index < -0.39 is 17.7 Å². The fraction of sp³-hybridized carbons (Fsp3) is 0.188. The van der Waals surface area contributed by atoms with E-state index in [1.807, 2.05) is 0 Å². The van der Waals surface area contributed by atoms with Gasteiger partial charge < -0.3 is 10.1 Å². The van der Waals surface area contributed by atoms with Crippen molar-refractivity contribution < 1.29 is 22.2 Å². The Hall–Kier alpha value is -2.71. The number of thiazole rings is 2. The quantitative estimate of drug-likeness (QED) is 0.457. The Bertz CT molecular complexity index is 1250. The largest absolute Gasteiger partial charge is 0.453 e. The molecule has 0 atom stereocenters. The summed E-state index contributed by atoms with van der Waals surface area (Å²) in [5.74, 6) is -1.70. The molecule has 0 fully saturated rings. The summed E-state index contributed by atoms with van der Waals surface area (Å²) < 4.78 is 47.2. The SMILES string of the molecule is COC(=O)NCc1nc(C)c(-c2csc(-c3cc(F)c4c(nnn4SF)c3F)n2)s1. The number of nitrogens with one attached hydrogen (secondary N) is 1. The summed E-state index contributed by atoms with van der Waals surface area (Å²) in [6, 6.07) is 0.946. The molecule has 4 aromatic rings. The maximum absolute atomic E-state index is 14.9. The van der Waals surface area contributed by atoms with Crippen molar-refractivity contribution in [3.05, 3.63) is 33.8 Å². The van der Waals surface area contributed by atoms with Crippen molar-refractivity contribution in [1.29, 1.82) is 0 Å². The van der Waals surface area contributed by atoms with Crippen LogP contribution >= 0.6 is 35.0 Å².